The minimum absolute atomic E-state index is 0.000382. The molecule has 0 bridgehead atoms. The molecule has 0 aliphatic carbocycles. The van der Waals surface area contributed by atoms with Gasteiger partial charge in [0.15, 0.2) is 0 Å². The van der Waals surface area contributed by atoms with Crippen LogP contribution in [0.4, 0.5) is 5.69 Å². The molecule has 2 aromatic rings. The number of aliphatic hydroxyl groups excluding tert-OH is 1. The molecule has 1 aromatic carbocycles. The summed E-state index contributed by atoms with van der Waals surface area (Å²) in [5, 5.41) is 14.9. The monoisotopic (exact) mass is 311 g/mol. The van der Waals surface area contributed by atoms with Crippen LogP contribution in [0.1, 0.15) is 5.56 Å². The third kappa shape index (κ3) is 3.30. The molecule has 0 spiro atoms. The zero-order valence-corrected chi connectivity index (χ0v) is 11.7. The van der Waals surface area contributed by atoms with Crippen LogP contribution < -0.4 is 4.72 Å². The average molecular weight is 312 g/mol. The lowest BCUT2D eigenvalue weighted by Gasteiger charge is -2.08. The van der Waals surface area contributed by atoms with Gasteiger partial charge in [-0.3, -0.25) is 9.82 Å². The first-order valence-electron chi connectivity index (χ1n) is 5.44. The topological polar surface area (TPSA) is 95.1 Å². The second-order valence-corrected chi connectivity index (χ2v) is 5.78. The Hall–Kier alpha value is -2.01. The van der Waals surface area contributed by atoms with E-state index in [1.165, 1.54) is 24.5 Å². The molecule has 0 aliphatic rings. The van der Waals surface area contributed by atoms with Crippen molar-refractivity contribution in [3.05, 3.63) is 41.2 Å². The normalized spacial score (nSPS) is 10.7. The molecule has 6 nitrogen and oxygen atoms in total. The van der Waals surface area contributed by atoms with E-state index < -0.39 is 10.0 Å². The molecule has 0 fully saturated rings. The average Bonchev–Trinajstić information content (AvgIpc) is 2.94. The summed E-state index contributed by atoms with van der Waals surface area (Å²) >= 11 is 5.95. The smallest absolute Gasteiger partial charge is 0.265 e. The van der Waals surface area contributed by atoms with Crippen molar-refractivity contribution in [1.29, 1.82) is 0 Å². The molecular formula is C12H10ClN3O3S. The van der Waals surface area contributed by atoms with E-state index in [1.807, 2.05) is 0 Å². The fourth-order valence-electron chi connectivity index (χ4n) is 1.41. The van der Waals surface area contributed by atoms with Crippen LogP contribution in [0.25, 0.3) is 0 Å². The van der Waals surface area contributed by atoms with Gasteiger partial charge in [-0.25, -0.2) is 8.42 Å². The highest BCUT2D eigenvalue weighted by molar-refractivity contribution is 7.92. The summed E-state index contributed by atoms with van der Waals surface area (Å²) in [5.74, 6) is 5.14. The van der Waals surface area contributed by atoms with Gasteiger partial charge in [0.05, 0.1) is 16.9 Å². The Bertz CT molecular complexity index is 761. The summed E-state index contributed by atoms with van der Waals surface area (Å²) in [4.78, 5) is 0.000382. The molecular weight excluding hydrogens is 302 g/mol. The standard InChI is InChI=1S/C12H10ClN3O3S/c13-11-4-3-9(2-1-5-17)6-12(11)16-20(18,19)10-7-14-15-8-10/h3-4,6-8,16-17H,5H2,(H,14,15). The summed E-state index contributed by atoms with van der Waals surface area (Å²) < 4.78 is 26.4. The highest BCUT2D eigenvalue weighted by atomic mass is 35.5. The number of rotatable bonds is 3. The molecule has 104 valence electrons. The van der Waals surface area contributed by atoms with Gasteiger partial charge in [0, 0.05) is 11.8 Å². The van der Waals surface area contributed by atoms with Gasteiger partial charge >= 0.3 is 0 Å². The number of halogens is 1. The number of hydrogen-bond acceptors (Lipinski definition) is 4. The zero-order chi connectivity index (χ0) is 14.6. The number of anilines is 1. The lowest BCUT2D eigenvalue weighted by atomic mass is 10.2. The molecule has 0 saturated heterocycles. The molecule has 1 aromatic heterocycles. The number of H-pyrrole nitrogens is 1. The lowest BCUT2D eigenvalue weighted by molar-refractivity contribution is 0.350. The minimum Gasteiger partial charge on any atom is -0.384 e. The van der Waals surface area contributed by atoms with Gasteiger partial charge in [0.2, 0.25) is 0 Å². The van der Waals surface area contributed by atoms with Gasteiger partial charge in [-0.15, -0.1) is 0 Å². The highest BCUT2D eigenvalue weighted by Gasteiger charge is 2.16. The van der Waals surface area contributed by atoms with E-state index in [4.69, 9.17) is 16.7 Å². The van der Waals surface area contributed by atoms with Gasteiger partial charge in [-0.05, 0) is 18.2 Å². The van der Waals surface area contributed by atoms with E-state index in [1.54, 1.807) is 6.07 Å². The number of nitrogens with zero attached hydrogens (tertiary/aromatic N) is 1. The second-order valence-electron chi connectivity index (χ2n) is 3.69. The molecule has 8 heteroatoms. The summed E-state index contributed by atoms with van der Waals surface area (Å²) in [6, 6.07) is 4.64. The van der Waals surface area contributed by atoms with Crippen molar-refractivity contribution >= 4 is 27.3 Å². The molecule has 0 amide bonds. The van der Waals surface area contributed by atoms with Gasteiger partial charge < -0.3 is 5.11 Å². The Morgan fingerprint density at radius 2 is 2.25 bits per heavy atom. The van der Waals surface area contributed by atoms with Crippen molar-refractivity contribution in [1.82, 2.24) is 10.2 Å². The van der Waals surface area contributed by atoms with Crippen LogP contribution >= 0.6 is 11.6 Å². The molecule has 0 saturated carbocycles. The third-order valence-corrected chi connectivity index (χ3v) is 3.97. The first-order valence-corrected chi connectivity index (χ1v) is 7.30. The number of benzene rings is 1. The van der Waals surface area contributed by atoms with Crippen molar-refractivity contribution < 1.29 is 13.5 Å². The van der Waals surface area contributed by atoms with Crippen LogP contribution in [0.3, 0.4) is 0 Å². The minimum atomic E-state index is -3.76. The summed E-state index contributed by atoms with van der Waals surface area (Å²) in [6.07, 6.45) is 2.44. The van der Waals surface area contributed by atoms with Crippen LogP contribution in [0.2, 0.25) is 5.02 Å². The fourth-order valence-corrected chi connectivity index (χ4v) is 2.61. The number of nitrogens with one attached hydrogen (secondary N) is 2. The molecule has 1 heterocycles. The zero-order valence-electron chi connectivity index (χ0n) is 10.1. The molecule has 0 atom stereocenters. The number of sulfonamides is 1. The van der Waals surface area contributed by atoms with Gasteiger partial charge in [-0.2, -0.15) is 5.10 Å². The maximum atomic E-state index is 12.0. The summed E-state index contributed by atoms with van der Waals surface area (Å²) in [7, 11) is -3.76. The third-order valence-electron chi connectivity index (χ3n) is 2.31. The number of aromatic nitrogens is 2. The Balaban J connectivity index is 2.34. The molecule has 0 aliphatic heterocycles. The summed E-state index contributed by atoms with van der Waals surface area (Å²) in [6.45, 7) is -0.279. The Kier molecular flexibility index (Phi) is 4.29. The molecule has 20 heavy (non-hydrogen) atoms. The van der Waals surface area contributed by atoms with E-state index in [2.05, 4.69) is 26.8 Å². The van der Waals surface area contributed by atoms with Crippen LogP contribution in [0.15, 0.2) is 35.5 Å². The largest absolute Gasteiger partial charge is 0.384 e. The van der Waals surface area contributed by atoms with Gasteiger partial charge in [0.25, 0.3) is 10.0 Å². The van der Waals surface area contributed by atoms with Crippen molar-refractivity contribution in [3.63, 3.8) is 0 Å². The predicted octanol–water partition coefficient (Wildman–Crippen LogP) is 1.21. The van der Waals surface area contributed by atoms with E-state index >= 15 is 0 Å². The Labute approximate surface area is 120 Å². The SMILES string of the molecule is O=S(=O)(Nc1cc(C#CCO)ccc1Cl)c1cn[nH]c1. The Morgan fingerprint density at radius 1 is 1.45 bits per heavy atom. The first kappa shape index (κ1) is 14.4. The Morgan fingerprint density at radius 3 is 2.90 bits per heavy atom. The second kappa shape index (κ2) is 5.96. The highest BCUT2D eigenvalue weighted by Crippen LogP contribution is 2.25. The van der Waals surface area contributed by atoms with Crippen molar-refractivity contribution in [2.24, 2.45) is 0 Å². The van der Waals surface area contributed by atoms with Crippen molar-refractivity contribution in [2.45, 2.75) is 4.90 Å². The van der Waals surface area contributed by atoms with E-state index in [0.29, 0.717) is 5.56 Å². The van der Waals surface area contributed by atoms with Crippen molar-refractivity contribution in [2.75, 3.05) is 11.3 Å². The number of aliphatic hydroxyl groups is 1. The number of hydrogen-bond donors (Lipinski definition) is 3. The van der Waals surface area contributed by atoms with Crippen LogP contribution in [-0.2, 0) is 10.0 Å². The van der Waals surface area contributed by atoms with Crippen LogP contribution in [-0.4, -0.2) is 30.3 Å². The van der Waals surface area contributed by atoms with E-state index in [-0.39, 0.29) is 22.2 Å². The quantitative estimate of drug-likeness (QED) is 0.742. The van der Waals surface area contributed by atoms with E-state index in [0.717, 1.165) is 0 Å². The maximum Gasteiger partial charge on any atom is 0.265 e. The molecule has 2 rings (SSSR count). The van der Waals surface area contributed by atoms with Crippen LogP contribution in [0, 0.1) is 11.8 Å². The number of aromatic amines is 1. The molecule has 0 radical (unpaired) electrons. The van der Waals surface area contributed by atoms with Gasteiger partial charge in [-0.1, -0.05) is 23.4 Å². The van der Waals surface area contributed by atoms with E-state index in [9.17, 15) is 8.42 Å². The summed E-state index contributed by atoms with van der Waals surface area (Å²) in [5.41, 5.74) is 0.742. The maximum absolute atomic E-state index is 12.0. The fraction of sp³-hybridized carbons (Fsp3) is 0.0833. The molecule has 0 unspecified atom stereocenters. The van der Waals surface area contributed by atoms with Crippen LogP contribution in [0.5, 0.6) is 0 Å². The lowest BCUT2D eigenvalue weighted by Crippen LogP contribution is -2.12. The molecule has 3 N–H and O–H groups in total. The van der Waals surface area contributed by atoms with Crippen molar-refractivity contribution in [3.8, 4) is 11.8 Å². The first-order chi connectivity index (χ1) is 9.53. The van der Waals surface area contributed by atoms with Gasteiger partial charge in [0.1, 0.15) is 11.5 Å². The predicted molar refractivity (Wildman–Crippen MR) is 74.8 cm³/mol.